The Morgan fingerprint density at radius 1 is 1.14 bits per heavy atom. The van der Waals surface area contributed by atoms with Crippen LogP contribution in [-0.2, 0) is 4.79 Å². The number of H-pyrrole nitrogens is 1. The van der Waals surface area contributed by atoms with E-state index >= 15 is 0 Å². The molecule has 1 aliphatic heterocycles. The zero-order valence-corrected chi connectivity index (χ0v) is 17.2. The standard InChI is InChI=1S/C24H27N3O2/c1-15(2)12-13-25-21(28)14-27-23(17-8-4-5-9-18(17)24(27)29)22-16(3)26-20-11-7-6-10-19(20)22/h4-11,15,23,26H,12-14H2,1-3H3,(H,25,28)/t23-/m0/s1. The Morgan fingerprint density at radius 3 is 2.66 bits per heavy atom. The monoisotopic (exact) mass is 389 g/mol. The number of nitrogens with zero attached hydrogens (tertiary/aromatic N) is 1. The number of hydrogen-bond acceptors (Lipinski definition) is 2. The maximum Gasteiger partial charge on any atom is 0.255 e. The van der Waals surface area contributed by atoms with Crippen molar-refractivity contribution in [2.24, 2.45) is 5.92 Å². The van der Waals surface area contributed by atoms with Gasteiger partial charge in [-0.2, -0.15) is 0 Å². The molecule has 5 nitrogen and oxygen atoms in total. The minimum atomic E-state index is -0.273. The van der Waals surface area contributed by atoms with Gasteiger partial charge in [0.25, 0.3) is 5.91 Å². The Kier molecular flexibility index (Phi) is 5.14. The lowest BCUT2D eigenvalue weighted by molar-refractivity contribution is -0.122. The summed E-state index contributed by atoms with van der Waals surface area (Å²) in [6.07, 6.45) is 0.922. The van der Waals surface area contributed by atoms with Gasteiger partial charge < -0.3 is 15.2 Å². The van der Waals surface area contributed by atoms with Crippen LogP contribution in [0.5, 0.6) is 0 Å². The van der Waals surface area contributed by atoms with E-state index in [0.717, 1.165) is 34.1 Å². The zero-order chi connectivity index (χ0) is 20.5. The number of aromatic nitrogens is 1. The first-order chi connectivity index (χ1) is 14.0. The van der Waals surface area contributed by atoms with Crippen LogP contribution in [0.3, 0.4) is 0 Å². The lowest BCUT2D eigenvalue weighted by Gasteiger charge is -2.26. The number of aromatic amines is 1. The minimum absolute atomic E-state index is 0.0508. The van der Waals surface area contributed by atoms with Crippen molar-refractivity contribution >= 4 is 22.7 Å². The van der Waals surface area contributed by atoms with Crippen molar-refractivity contribution in [3.8, 4) is 0 Å². The van der Waals surface area contributed by atoms with Crippen LogP contribution in [0.2, 0.25) is 0 Å². The third-order valence-corrected chi connectivity index (χ3v) is 5.63. The summed E-state index contributed by atoms with van der Waals surface area (Å²) in [7, 11) is 0. The van der Waals surface area contributed by atoms with Crippen molar-refractivity contribution in [1.29, 1.82) is 0 Å². The number of para-hydroxylation sites is 1. The summed E-state index contributed by atoms with van der Waals surface area (Å²) in [5.74, 6) is 0.318. The SMILES string of the molecule is Cc1[nH]c2ccccc2c1[C@@H]1c2ccccc2C(=O)N1CC(=O)NCCC(C)C. The van der Waals surface area contributed by atoms with E-state index in [1.165, 1.54) is 0 Å². The third kappa shape index (κ3) is 3.53. The highest BCUT2D eigenvalue weighted by Crippen LogP contribution is 2.42. The minimum Gasteiger partial charge on any atom is -0.358 e. The van der Waals surface area contributed by atoms with Gasteiger partial charge in [0.05, 0.1) is 6.04 Å². The normalized spacial score (nSPS) is 15.9. The molecule has 0 unspecified atom stereocenters. The molecule has 0 saturated heterocycles. The fourth-order valence-corrected chi connectivity index (χ4v) is 4.21. The highest BCUT2D eigenvalue weighted by atomic mass is 16.2. The van der Waals surface area contributed by atoms with Crippen molar-refractivity contribution in [3.63, 3.8) is 0 Å². The molecule has 1 aromatic heterocycles. The van der Waals surface area contributed by atoms with E-state index in [1.54, 1.807) is 4.90 Å². The summed E-state index contributed by atoms with van der Waals surface area (Å²) in [6, 6.07) is 15.5. The Labute approximate surface area is 171 Å². The summed E-state index contributed by atoms with van der Waals surface area (Å²) < 4.78 is 0. The predicted molar refractivity (Wildman–Crippen MR) is 115 cm³/mol. The zero-order valence-electron chi connectivity index (χ0n) is 17.2. The molecule has 0 aliphatic carbocycles. The Balaban J connectivity index is 1.71. The van der Waals surface area contributed by atoms with Gasteiger partial charge in [0, 0.05) is 34.3 Å². The van der Waals surface area contributed by atoms with Gasteiger partial charge in [-0.3, -0.25) is 9.59 Å². The molecule has 0 fully saturated rings. The van der Waals surface area contributed by atoms with Crippen LogP contribution < -0.4 is 5.32 Å². The van der Waals surface area contributed by atoms with Gasteiger partial charge in [0.15, 0.2) is 0 Å². The highest BCUT2D eigenvalue weighted by Gasteiger charge is 2.40. The van der Waals surface area contributed by atoms with Crippen LogP contribution in [0.25, 0.3) is 10.9 Å². The van der Waals surface area contributed by atoms with Crippen LogP contribution in [0.15, 0.2) is 48.5 Å². The Morgan fingerprint density at radius 2 is 1.86 bits per heavy atom. The van der Waals surface area contributed by atoms with E-state index in [4.69, 9.17) is 0 Å². The van der Waals surface area contributed by atoms with Gasteiger partial charge in [0.2, 0.25) is 5.91 Å². The quantitative estimate of drug-likeness (QED) is 0.664. The molecule has 2 N–H and O–H groups in total. The van der Waals surface area contributed by atoms with E-state index < -0.39 is 0 Å². The first kappa shape index (κ1) is 19.2. The smallest absolute Gasteiger partial charge is 0.255 e. The van der Waals surface area contributed by atoms with E-state index in [1.807, 2.05) is 49.4 Å². The van der Waals surface area contributed by atoms with Gasteiger partial charge in [-0.1, -0.05) is 50.2 Å². The number of carbonyl (C=O) groups is 2. The summed E-state index contributed by atoms with van der Waals surface area (Å²) in [5, 5.41) is 4.05. The highest BCUT2D eigenvalue weighted by molar-refractivity contribution is 6.02. The average molecular weight is 389 g/mol. The molecule has 0 radical (unpaired) electrons. The largest absolute Gasteiger partial charge is 0.358 e. The predicted octanol–water partition coefficient (Wildman–Crippen LogP) is 4.18. The van der Waals surface area contributed by atoms with Gasteiger partial charge in [-0.25, -0.2) is 0 Å². The van der Waals surface area contributed by atoms with Crippen molar-refractivity contribution in [2.45, 2.75) is 33.2 Å². The average Bonchev–Trinajstić information content (AvgIpc) is 3.15. The van der Waals surface area contributed by atoms with E-state index in [2.05, 4.69) is 30.2 Å². The number of aryl methyl sites for hydroxylation is 1. The summed E-state index contributed by atoms with van der Waals surface area (Å²) >= 11 is 0. The molecular weight excluding hydrogens is 362 g/mol. The van der Waals surface area contributed by atoms with Gasteiger partial charge in [0.1, 0.15) is 6.54 Å². The number of hydrogen-bond donors (Lipinski definition) is 2. The maximum atomic E-state index is 13.2. The lowest BCUT2D eigenvalue weighted by atomic mass is 9.95. The number of nitrogens with one attached hydrogen (secondary N) is 2. The van der Waals surface area contributed by atoms with Crippen molar-refractivity contribution < 1.29 is 9.59 Å². The van der Waals surface area contributed by atoms with E-state index in [9.17, 15) is 9.59 Å². The molecular formula is C24H27N3O2. The molecule has 150 valence electrons. The van der Waals surface area contributed by atoms with E-state index in [-0.39, 0.29) is 24.4 Å². The Hall–Kier alpha value is -3.08. The van der Waals surface area contributed by atoms with Crippen molar-refractivity contribution in [1.82, 2.24) is 15.2 Å². The number of carbonyl (C=O) groups excluding carboxylic acids is 2. The molecule has 2 amide bonds. The second-order valence-electron chi connectivity index (χ2n) is 8.16. The van der Waals surface area contributed by atoms with Crippen LogP contribution in [0.1, 0.15) is 53.5 Å². The van der Waals surface area contributed by atoms with Crippen LogP contribution in [0.4, 0.5) is 0 Å². The molecule has 29 heavy (non-hydrogen) atoms. The summed E-state index contributed by atoms with van der Waals surface area (Å²) in [6.45, 7) is 6.96. The number of amides is 2. The molecule has 0 saturated carbocycles. The number of fused-ring (bicyclic) bond motifs is 2. The Bertz CT molecular complexity index is 1070. The molecule has 4 rings (SSSR count). The first-order valence-electron chi connectivity index (χ1n) is 10.2. The fraction of sp³-hybridized carbons (Fsp3) is 0.333. The van der Waals surface area contributed by atoms with Crippen molar-refractivity contribution in [2.75, 3.05) is 13.1 Å². The molecule has 1 aliphatic rings. The molecule has 0 bridgehead atoms. The third-order valence-electron chi connectivity index (χ3n) is 5.63. The van der Waals surface area contributed by atoms with Gasteiger partial charge >= 0.3 is 0 Å². The topological polar surface area (TPSA) is 65.2 Å². The summed E-state index contributed by atoms with van der Waals surface area (Å²) in [4.78, 5) is 31.0. The van der Waals surface area contributed by atoms with Crippen LogP contribution in [0, 0.1) is 12.8 Å². The fourth-order valence-electron chi connectivity index (χ4n) is 4.21. The van der Waals surface area contributed by atoms with Crippen LogP contribution >= 0.6 is 0 Å². The molecule has 5 heteroatoms. The summed E-state index contributed by atoms with van der Waals surface area (Å²) in [5.41, 5.74) is 4.76. The lowest BCUT2D eigenvalue weighted by Crippen LogP contribution is -2.40. The first-order valence-corrected chi connectivity index (χ1v) is 10.2. The van der Waals surface area contributed by atoms with E-state index in [0.29, 0.717) is 18.0 Å². The molecule has 3 aromatic rings. The molecule has 2 heterocycles. The number of rotatable bonds is 6. The molecule has 2 aromatic carbocycles. The second-order valence-corrected chi connectivity index (χ2v) is 8.16. The number of benzene rings is 2. The van der Waals surface area contributed by atoms with Crippen LogP contribution in [-0.4, -0.2) is 34.8 Å². The van der Waals surface area contributed by atoms with Crippen molar-refractivity contribution in [3.05, 3.63) is 70.9 Å². The van der Waals surface area contributed by atoms with Gasteiger partial charge in [-0.15, -0.1) is 0 Å². The second kappa shape index (κ2) is 7.74. The molecule has 0 spiro atoms. The maximum absolute atomic E-state index is 13.2. The molecule has 1 atom stereocenters. The van der Waals surface area contributed by atoms with Gasteiger partial charge in [-0.05, 0) is 37.0 Å².